The van der Waals surface area contributed by atoms with Gasteiger partial charge in [-0.1, -0.05) is 12.1 Å². The summed E-state index contributed by atoms with van der Waals surface area (Å²) < 4.78 is 19.0. The van der Waals surface area contributed by atoms with Crippen LogP contribution < -0.4 is 25.6 Å². The van der Waals surface area contributed by atoms with Gasteiger partial charge in [-0.15, -0.1) is 0 Å². The van der Waals surface area contributed by atoms with E-state index < -0.39 is 5.91 Å². The molecule has 1 amide bonds. The van der Waals surface area contributed by atoms with Crippen LogP contribution in [0.15, 0.2) is 41.2 Å². The number of hydrogen-bond acceptors (Lipinski definition) is 7. The molecule has 0 aliphatic carbocycles. The molecule has 2 heterocycles. The van der Waals surface area contributed by atoms with Crippen molar-refractivity contribution >= 4 is 17.1 Å². The summed E-state index contributed by atoms with van der Waals surface area (Å²) in [4.78, 5) is 34.5. The first-order valence-electron chi connectivity index (χ1n) is 9.97. The Labute approximate surface area is 189 Å². The van der Waals surface area contributed by atoms with Crippen LogP contribution in [0.4, 0.5) is 0 Å². The van der Waals surface area contributed by atoms with Crippen molar-refractivity contribution in [1.82, 2.24) is 19.1 Å². The molecular formula is C23H23N5O5. The normalized spacial score (nSPS) is 10.9. The highest BCUT2D eigenvalue weighted by Crippen LogP contribution is 2.40. The van der Waals surface area contributed by atoms with Crippen LogP contribution in [-0.4, -0.2) is 46.3 Å². The second-order valence-corrected chi connectivity index (χ2v) is 7.36. The number of benzene rings is 2. The van der Waals surface area contributed by atoms with Crippen LogP contribution in [0, 0.1) is 6.92 Å². The first-order chi connectivity index (χ1) is 15.8. The van der Waals surface area contributed by atoms with Gasteiger partial charge in [-0.2, -0.15) is 0 Å². The molecule has 2 aromatic heterocycles. The molecule has 2 aromatic carbocycles. The second-order valence-electron chi connectivity index (χ2n) is 7.36. The standard InChI is InChI=1S/C23H23N5O5/c1-12-7-6-8-14(9-12)28-22-18(27(2)23(28)30)17(20(24)29)25-21(26-22)13-10-15(31-3)19(33-5)16(11-13)32-4/h6-11H,1-5H3,(H2,24,29). The van der Waals surface area contributed by atoms with Crippen LogP contribution in [-0.2, 0) is 7.05 Å². The molecule has 0 radical (unpaired) electrons. The van der Waals surface area contributed by atoms with Crippen LogP contribution in [0.5, 0.6) is 17.2 Å². The Kier molecular flexibility index (Phi) is 5.50. The highest BCUT2D eigenvalue weighted by atomic mass is 16.5. The molecule has 10 nitrogen and oxygen atoms in total. The van der Waals surface area contributed by atoms with E-state index in [1.54, 1.807) is 25.2 Å². The summed E-state index contributed by atoms with van der Waals surface area (Å²) in [5, 5.41) is 0. The SMILES string of the molecule is COc1cc(-c2nc(C(N)=O)c3c(n2)n(-c2cccc(C)c2)c(=O)n3C)cc(OC)c1OC. The topological polar surface area (TPSA) is 123 Å². The number of carbonyl (C=O) groups is 1. The van der Waals surface area contributed by atoms with Crippen molar-refractivity contribution in [2.24, 2.45) is 12.8 Å². The second kappa shape index (κ2) is 8.30. The van der Waals surface area contributed by atoms with Crippen LogP contribution in [0.3, 0.4) is 0 Å². The Morgan fingerprint density at radius 1 is 1.00 bits per heavy atom. The minimum Gasteiger partial charge on any atom is -0.493 e. The van der Waals surface area contributed by atoms with Crippen LogP contribution >= 0.6 is 0 Å². The number of hydrogen-bond donors (Lipinski definition) is 1. The third-order valence-electron chi connectivity index (χ3n) is 5.31. The van der Waals surface area contributed by atoms with Gasteiger partial charge in [0.15, 0.2) is 28.7 Å². The monoisotopic (exact) mass is 449 g/mol. The van der Waals surface area contributed by atoms with E-state index in [2.05, 4.69) is 9.97 Å². The zero-order valence-corrected chi connectivity index (χ0v) is 18.9. The summed E-state index contributed by atoms with van der Waals surface area (Å²) in [7, 11) is 6.03. The van der Waals surface area contributed by atoms with Gasteiger partial charge in [0.05, 0.1) is 27.0 Å². The Hall–Kier alpha value is -4.34. The number of carbonyl (C=O) groups excluding carboxylic acids is 1. The number of primary amides is 1. The van der Waals surface area contributed by atoms with Gasteiger partial charge in [0, 0.05) is 12.6 Å². The van der Waals surface area contributed by atoms with Crippen LogP contribution in [0.25, 0.3) is 28.2 Å². The Morgan fingerprint density at radius 3 is 2.21 bits per heavy atom. The molecule has 170 valence electrons. The van der Waals surface area contributed by atoms with E-state index in [1.807, 2.05) is 25.1 Å². The van der Waals surface area contributed by atoms with Crippen molar-refractivity contribution in [3.05, 3.63) is 58.1 Å². The molecule has 0 unspecified atom stereocenters. The average molecular weight is 449 g/mol. The Bertz CT molecular complexity index is 1430. The fourth-order valence-corrected chi connectivity index (χ4v) is 3.75. The minimum absolute atomic E-state index is 0.0743. The van der Waals surface area contributed by atoms with E-state index in [4.69, 9.17) is 19.9 Å². The molecule has 0 spiro atoms. The summed E-state index contributed by atoms with van der Waals surface area (Å²) in [6.07, 6.45) is 0. The molecule has 0 aliphatic heterocycles. The van der Waals surface area contributed by atoms with E-state index in [0.29, 0.717) is 28.5 Å². The lowest BCUT2D eigenvalue weighted by molar-refractivity contribution is 0.0997. The first kappa shape index (κ1) is 21.9. The number of nitrogens with zero attached hydrogens (tertiary/aromatic N) is 4. The smallest absolute Gasteiger partial charge is 0.334 e. The highest BCUT2D eigenvalue weighted by Gasteiger charge is 2.24. The highest BCUT2D eigenvalue weighted by molar-refractivity contribution is 6.02. The van der Waals surface area contributed by atoms with Crippen LogP contribution in [0.1, 0.15) is 16.1 Å². The van der Waals surface area contributed by atoms with E-state index >= 15 is 0 Å². The number of aryl methyl sites for hydroxylation is 2. The molecular weight excluding hydrogens is 426 g/mol. The molecule has 4 aromatic rings. The van der Waals surface area contributed by atoms with E-state index in [1.165, 1.54) is 30.5 Å². The lowest BCUT2D eigenvalue weighted by Crippen LogP contribution is -2.21. The summed E-state index contributed by atoms with van der Waals surface area (Å²) in [5.74, 6) is 0.563. The van der Waals surface area contributed by atoms with Gasteiger partial charge < -0.3 is 19.9 Å². The maximum Gasteiger partial charge on any atom is 0.334 e. The lowest BCUT2D eigenvalue weighted by Gasteiger charge is -2.14. The molecule has 0 bridgehead atoms. The number of amides is 1. The van der Waals surface area contributed by atoms with Gasteiger partial charge in [0.2, 0.25) is 5.75 Å². The van der Waals surface area contributed by atoms with Gasteiger partial charge >= 0.3 is 5.69 Å². The predicted molar refractivity (Wildman–Crippen MR) is 122 cm³/mol. The van der Waals surface area contributed by atoms with Crippen molar-refractivity contribution in [1.29, 1.82) is 0 Å². The van der Waals surface area contributed by atoms with Crippen molar-refractivity contribution in [3.63, 3.8) is 0 Å². The van der Waals surface area contributed by atoms with Crippen LogP contribution in [0.2, 0.25) is 0 Å². The average Bonchev–Trinajstić information content (AvgIpc) is 3.07. The fourth-order valence-electron chi connectivity index (χ4n) is 3.75. The third kappa shape index (κ3) is 3.55. The van der Waals surface area contributed by atoms with Gasteiger partial charge in [0.25, 0.3) is 5.91 Å². The summed E-state index contributed by atoms with van der Waals surface area (Å²) >= 11 is 0. The molecule has 0 atom stereocenters. The van der Waals surface area contributed by atoms with E-state index in [0.717, 1.165) is 5.56 Å². The van der Waals surface area contributed by atoms with Gasteiger partial charge in [-0.3, -0.25) is 9.36 Å². The van der Waals surface area contributed by atoms with Crippen molar-refractivity contribution in [2.45, 2.75) is 6.92 Å². The number of aromatic nitrogens is 4. The Balaban J connectivity index is 2.10. The van der Waals surface area contributed by atoms with Gasteiger partial charge in [-0.25, -0.2) is 19.3 Å². The van der Waals surface area contributed by atoms with Gasteiger partial charge in [0.1, 0.15) is 5.52 Å². The molecule has 2 N–H and O–H groups in total. The quantitative estimate of drug-likeness (QED) is 0.479. The van der Waals surface area contributed by atoms with Crippen molar-refractivity contribution in [3.8, 4) is 34.3 Å². The largest absolute Gasteiger partial charge is 0.493 e. The van der Waals surface area contributed by atoms with E-state index in [-0.39, 0.29) is 28.4 Å². The number of imidazole rings is 1. The maximum atomic E-state index is 13.2. The number of nitrogens with two attached hydrogens (primary N) is 1. The molecule has 0 aliphatic rings. The fraction of sp³-hybridized carbons (Fsp3) is 0.217. The Morgan fingerprint density at radius 2 is 1.67 bits per heavy atom. The van der Waals surface area contributed by atoms with Crippen molar-refractivity contribution in [2.75, 3.05) is 21.3 Å². The lowest BCUT2D eigenvalue weighted by atomic mass is 10.1. The summed E-state index contributed by atoms with van der Waals surface area (Å²) in [6.45, 7) is 1.92. The minimum atomic E-state index is -0.784. The predicted octanol–water partition coefficient (Wildman–Crippen LogP) is 2.22. The molecule has 0 saturated carbocycles. The molecule has 4 rings (SSSR count). The number of fused-ring (bicyclic) bond motifs is 1. The maximum absolute atomic E-state index is 13.2. The van der Waals surface area contributed by atoms with Crippen molar-refractivity contribution < 1.29 is 19.0 Å². The molecule has 0 fully saturated rings. The third-order valence-corrected chi connectivity index (χ3v) is 5.31. The zero-order valence-electron chi connectivity index (χ0n) is 18.9. The first-order valence-corrected chi connectivity index (χ1v) is 9.97. The number of methoxy groups -OCH3 is 3. The summed E-state index contributed by atoms with van der Waals surface area (Å²) in [5.41, 5.74) is 7.75. The number of ether oxygens (including phenoxy) is 3. The molecule has 0 saturated heterocycles. The zero-order chi connectivity index (χ0) is 23.9. The van der Waals surface area contributed by atoms with E-state index in [9.17, 15) is 9.59 Å². The molecule has 33 heavy (non-hydrogen) atoms. The van der Waals surface area contributed by atoms with Gasteiger partial charge in [-0.05, 0) is 36.8 Å². The number of rotatable bonds is 6. The summed E-state index contributed by atoms with van der Waals surface area (Å²) in [6, 6.07) is 10.7. The molecule has 10 heteroatoms.